The van der Waals surface area contributed by atoms with Crippen LogP contribution in [0.4, 0.5) is 0 Å². The highest BCUT2D eigenvalue weighted by Gasteiger charge is 2.17. The molecule has 0 amide bonds. The molecule has 0 radical (unpaired) electrons. The number of carbonyl (C=O) groups is 1. The van der Waals surface area contributed by atoms with Crippen molar-refractivity contribution in [3.05, 3.63) is 22.7 Å². The molecule has 0 unspecified atom stereocenters. The summed E-state index contributed by atoms with van der Waals surface area (Å²) < 4.78 is 27.4. The summed E-state index contributed by atoms with van der Waals surface area (Å²) in [5, 5.41) is 5.53. The number of thioether (sulfide) groups is 1. The van der Waals surface area contributed by atoms with Crippen LogP contribution in [-0.4, -0.2) is 27.2 Å². The summed E-state index contributed by atoms with van der Waals surface area (Å²) >= 11 is 6.93. The number of sulfonamides is 1. The lowest BCUT2D eigenvalue weighted by Crippen LogP contribution is -2.14. The molecule has 0 saturated heterocycles. The number of ether oxygens (including phenoxy) is 1. The third kappa shape index (κ3) is 3.88. The summed E-state index contributed by atoms with van der Waals surface area (Å²) in [6.45, 7) is 1.67. The Morgan fingerprint density at radius 1 is 1.50 bits per heavy atom. The van der Waals surface area contributed by atoms with E-state index in [4.69, 9.17) is 16.7 Å². The molecular weight excluding hydrogens is 298 g/mol. The molecule has 5 nitrogen and oxygen atoms in total. The quantitative estimate of drug-likeness (QED) is 0.674. The molecule has 2 N–H and O–H groups in total. The highest BCUT2D eigenvalue weighted by Crippen LogP contribution is 2.31. The number of nitrogens with two attached hydrogens (primary N) is 1. The molecule has 1 rings (SSSR count). The number of hydrogen-bond donors (Lipinski definition) is 1. The van der Waals surface area contributed by atoms with Crippen LogP contribution in [0.3, 0.4) is 0 Å². The second-order valence-corrected chi connectivity index (χ2v) is 6.41. The lowest BCUT2D eigenvalue weighted by molar-refractivity contribution is -0.137. The molecule has 0 heterocycles. The van der Waals surface area contributed by atoms with Crippen molar-refractivity contribution in [2.75, 3.05) is 12.9 Å². The van der Waals surface area contributed by atoms with Crippen molar-refractivity contribution in [2.45, 2.75) is 16.7 Å². The fourth-order valence-electron chi connectivity index (χ4n) is 1.17. The molecule has 100 valence electrons. The predicted octanol–water partition coefficient (Wildman–Crippen LogP) is 1.56. The second-order valence-electron chi connectivity index (χ2n) is 3.46. The molecule has 8 heteroatoms. The van der Waals surface area contributed by atoms with E-state index in [0.717, 1.165) is 11.8 Å². The number of carbonyl (C=O) groups excluding carboxylic acids is 1. The molecular formula is C10H12ClNO4S2. The third-order valence-corrected chi connectivity index (χ3v) is 4.62. The standard InChI is InChI=1S/C10H12ClNO4S2/c1-6-3-9(18(12,14)15)8(4-7(6)11)17-5-10(13)16-2/h3-4H,5H2,1-2H3,(H2,12,14,15). The lowest BCUT2D eigenvalue weighted by atomic mass is 10.2. The van der Waals surface area contributed by atoms with Gasteiger partial charge in [-0.05, 0) is 24.6 Å². The highest BCUT2D eigenvalue weighted by molar-refractivity contribution is 8.00. The average Bonchev–Trinajstić information content (AvgIpc) is 2.28. The Bertz CT molecular complexity index is 571. The van der Waals surface area contributed by atoms with Gasteiger partial charge in [-0.1, -0.05) is 11.6 Å². The van der Waals surface area contributed by atoms with E-state index >= 15 is 0 Å². The van der Waals surface area contributed by atoms with E-state index in [2.05, 4.69) is 4.74 Å². The van der Waals surface area contributed by atoms with Crippen molar-refractivity contribution < 1.29 is 17.9 Å². The van der Waals surface area contributed by atoms with Gasteiger partial charge in [0.1, 0.15) is 0 Å². The molecule has 0 fully saturated rings. The van der Waals surface area contributed by atoms with E-state index in [9.17, 15) is 13.2 Å². The van der Waals surface area contributed by atoms with Crippen molar-refractivity contribution in [2.24, 2.45) is 5.14 Å². The van der Waals surface area contributed by atoms with Crippen LogP contribution in [0.25, 0.3) is 0 Å². The molecule has 0 saturated carbocycles. The van der Waals surface area contributed by atoms with Crippen LogP contribution < -0.4 is 5.14 Å². The van der Waals surface area contributed by atoms with Gasteiger partial charge in [-0.15, -0.1) is 11.8 Å². The van der Waals surface area contributed by atoms with Crippen LogP contribution in [0.5, 0.6) is 0 Å². The number of methoxy groups -OCH3 is 1. The number of halogens is 1. The van der Waals surface area contributed by atoms with Gasteiger partial charge in [0.05, 0.1) is 17.8 Å². The molecule has 0 aliphatic rings. The van der Waals surface area contributed by atoms with Gasteiger partial charge in [-0.25, -0.2) is 13.6 Å². The topological polar surface area (TPSA) is 86.5 Å². The van der Waals surface area contributed by atoms with Gasteiger partial charge >= 0.3 is 5.97 Å². The summed E-state index contributed by atoms with van der Waals surface area (Å²) in [7, 11) is -2.60. The predicted molar refractivity (Wildman–Crippen MR) is 70.3 cm³/mol. The van der Waals surface area contributed by atoms with Gasteiger partial charge in [0.15, 0.2) is 0 Å². The van der Waals surface area contributed by atoms with Crippen molar-refractivity contribution >= 4 is 39.4 Å². The number of esters is 1. The second kappa shape index (κ2) is 5.92. The van der Waals surface area contributed by atoms with E-state index in [1.807, 2.05) is 0 Å². The van der Waals surface area contributed by atoms with E-state index in [0.29, 0.717) is 15.5 Å². The van der Waals surface area contributed by atoms with Crippen molar-refractivity contribution in [3.8, 4) is 0 Å². The van der Waals surface area contributed by atoms with Crippen LogP contribution in [0.15, 0.2) is 21.9 Å². The van der Waals surface area contributed by atoms with Crippen molar-refractivity contribution in [3.63, 3.8) is 0 Å². The number of hydrogen-bond acceptors (Lipinski definition) is 5. The number of rotatable bonds is 4. The van der Waals surface area contributed by atoms with Crippen LogP contribution in [0.1, 0.15) is 5.56 Å². The number of benzene rings is 1. The number of aryl methyl sites for hydroxylation is 1. The molecule has 0 aromatic heterocycles. The fourth-order valence-corrected chi connectivity index (χ4v) is 3.40. The minimum Gasteiger partial charge on any atom is -0.468 e. The van der Waals surface area contributed by atoms with Gasteiger partial charge in [-0.2, -0.15) is 0 Å². The van der Waals surface area contributed by atoms with Crippen LogP contribution in [-0.2, 0) is 19.6 Å². The molecule has 0 atom stereocenters. The maximum atomic E-state index is 11.4. The maximum Gasteiger partial charge on any atom is 0.315 e. The lowest BCUT2D eigenvalue weighted by Gasteiger charge is -2.09. The molecule has 0 spiro atoms. The van der Waals surface area contributed by atoms with E-state index in [1.165, 1.54) is 19.2 Å². The van der Waals surface area contributed by atoms with Gasteiger partial charge in [-0.3, -0.25) is 4.79 Å². The monoisotopic (exact) mass is 309 g/mol. The maximum absolute atomic E-state index is 11.4. The zero-order valence-corrected chi connectivity index (χ0v) is 12.2. The Balaban J connectivity index is 3.17. The van der Waals surface area contributed by atoms with Crippen LogP contribution >= 0.6 is 23.4 Å². The minimum atomic E-state index is -3.86. The molecule has 18 heavy (non-hydrogen) atoms. The summed E-state index contributed by atoms with van der Waals surface area (Å²) in [6, 6.07) is 2.86. The molecule has 1 aromatic rings. The Hall–Kier alpha value is -0.760. The normalized spacial score (nSPS) is 11.3. The third-order valence-electron chi connectivity index (χ3n) is 2.10. The Kier molecular flexibility index (Phi) is 5.03. The first-order chi connectivity index (χ1) is 8.25. The van der Waals surface area contributed by atoms with Gasteiger partial charge < -0.3 is 4.74 Å². The van der Waals surface area contributed by atoms with E-state index in [-0.39, 0.29) is 10.6 Å². The van der Waals surface area contributed by atoms with Gasteiger partial charge in [0.2, 0.25) is 10.0 Å². The zero-order chi connectivity index (χ0) is 13.9. The molecule has 1 aromatic carbocycles. The van der Waals surface area contributed by atoms with Crippen LogP contribution in [0.2, 0.25) is 5.02 Å². The fraction of sp³-hybridized carbons (Fsp3) is 0.300. The minimum absolute atomic E-state index is 0.0155. The molecule has 0 bridgehead atoms. The summed E-state index contributed by atoms with van der Waals surface area (Å²) in [4.78, 5) is 11.3. The largest absolute Gasteiger partial charge is 0.468 e. The van der Waals surface area contributed by atoms with Crippen LogP contribution in [0, 0.1) is 6.92 Å². The van der Waals surface area contributed by atoms with Gasteiger partial charge in [0, 0.05) is 9.92 Å². The Labute approximate surface area is 115 Å². The van der Waals surface area contributed by atoms with E-state index in [1.54, 1.807) is 6.92 Å². The summed E-state index contributed by atoms with van der Waals surface area (Å²) in [5.41, 5.74) is 0.600. The van der Waals surface area contributed by atoms with Crippen molar-refractivity contribution in [1.82, 2.24) is 0 Å². The van der Waals surface area contributed by atoms with Gasteiger partial charge in [0.25, 0.3) is 0 Å². The Morgan fingerprint density at radius 2 is 2.11 bits per heavy atom. The molecule has 0 aliphatic carbocycles. The molecule has 0 aliphatic heterocycles. The first-order valence-electron chi connectivity index (χ1n) is 4.78. The zero-order valence-electron chi connectivity index (χ0n) is 9.77. The summed E-state index contributed by atoms with van der Waals surface area (Å²) in [5.74, 6) is -0.477. The highest BCUT2D eigenvalue weighted by atomic mass is 35.5. The van der Waals surface area contributed by atoms with E-state index < -0.39 is 16.0 Å². The SMILES string of the molecule is COC(=O)CSc1cc(Cl)c(C)cc1S(N)(=O)=O. The first-order valence-corrected chi connectivity index (χ1v) is 7.69. The Morgan fingerprint density at radius 3 is 2.61 bits per heavy atom. The van der Waals surface area contributed by atoms with Crippen molar-refractivity contribution in [1.29, 1.82) is 0 Å². The summed E-state index contributed by atoms with van der Waals surface area (Å²) in [6.07, 6.45) is 0. The average molecular weight is 310 g/mol. The number of primary sulfonamides is 1. The first kappa shape index (κ1) is 15.3. The smallest absolute Gasteiger partial charge is 0.315 e.